The lowest BCUT2D eigenvalue weighted by atomic mass is 9.53. The first-order chi connectivity index (χ1) is 23.7. The lowest BCUT2D eigenvalue weighted by Crippen LogP contribution is -2.43. The van der Waals surface area contributed by atoms with Crippen molar-refractivity contribution in [1.29, 1.82) is 0 Å². The van der Waals surface area contributed by atoms with Crippen molar-refractivity contribution in [3.63, 3.8) is 0 Å². The summed E-state index contributed by atoms with van der Waals surface area (Å²) in [4.78, 5) is 4.70. The molecule has 232 valence electrons. The summed E-state index contributed by atoms with van der Waals surface area (Å²) in [6.07, 6.45) is 7.60. The highest BCUT2D eigenvalue weighted by molar-refractivity contribution is 5.93. The molecule has 1 N–H and O–H groups in total. The predicted molar refractivity (Wildman–Crippen MR) is 202 cm³/mol. The van der Waals surface area contributed by atoms with Gasteiger partial charge in [-0.1, -0.05) is 165 Å². The largest absolute Gasteiger partial charge is 0.355 e. The maximum absolute atomic E-state index is 4.70. The summed E-state index contributed by atoms with van der Waals surface area (Å²) in [7, 11) is 0. The Balaban J connectivity index is 1.18. The van der Waals surface area contributed by atoms with Crippen LogP contribution in [-0.4, -0.2) is 6.21 Å². The number of para-hydroxylation sites is 1. The average molecular weight is 619 g/mol. The van der Waals surface area contributed by atoms with E-state index < -0.39 is 0 Å². The molecule has 2 aliphatic rings. The Morgan fingerprint density at radius 1 is 0.625 bits per heavy atom. The van der Waals surface area contributed by atoms with Crippen LogP contribution in [0.2, 0.25) is 0 Å². The molecule has 2 aliphatic carbocycles. The normalized spacial score (nSPS) is 17.7. The number of hydrogen-bond donors (Lipinski definition) is 1. The van der Waals surface area contributed by atoms with E-state index >= 15 is 0 Å². The van der Waals surface area contributed by atoms with Crippen molar-refractivity contribution in [1.82, 2.24) is 0 Å². The smallest absolute Gasteiger partial charge is 0.0639 e. The van der Waals surface area contributed by atoms with Gasteiger partial charge >= 0.3 is 0 Å². The highest BCUT2D eigenvalue weighted by Gasteiger charge is 2.60. The number of anilines is 2. The summed E-state index contributed by atoms with van der Waals surface area (Å²) in [5, 5.41) is 3.77. The van der Waals surface area contributed by atoms with Gasteiger partial charge in [0.2, 0.25) is 0 Å². The second-order valence-electron chi connectivity index (χ2n) is 13.1. The maximum atomic E-state index is 4.70. The molecule has 0 amide bonds. The van der Waals surface area contributed by atoms with E-state index in [-0.39, 0.29) is 10.8 Å². The van der Waals surface area contributed by atoms with E-state index in [4.69, 9.17) is 4.99 Å². The van der Waals surface area contributed by atoms with Crippen LogP contribution in [0.4, 0.5) is 11.4 Å². The molecule has 0 heterocycles. The van der Waals surface area contributed by atoms with Crippen LogP contribution >= 0.6 is 0 Å². The zero-order valence-electron chi connectivity index (χ0n) is 27.2. The van der Waals surface area contributed by atoms with E-state index in [9.17, 15) is 0 Å². The standard InChI is InChI=1S/C46H38N2/c1-45-31-36(40-24-12-14-27-44(40)48-39-23-15-18-35(30-39)33-47-32-34-16-5-2-6-17-34)28-29-42(45)41-25-11-13-26-43(41)46(45,37-19-7-3-8-20-37)38-21-9-4-10-22-38/h2-30,33,48H,31-32H2,1H3/b47-33+/t45-/m1/s1. The van der Waals surface area contributed by atoms with E-state index in [2.05, 4.69) is 182 Å². The van der Waals surface area contributed by atoms with Crippen LogP contribution in [0.15, 0.2) is 181 Å². The lowest BCUT2D eigenvalue weighted by Gasteiger charge is -2.48. The molecule has 0 saturated carbocycles. The van der Waals surface area contributed by atoms with Gasteiger partial charge in [0.15, 0.2) is 0 Å². The number of benzene rings is 6. The van der Waals surface area contributed by atoms with Crippen molar-refractivity contribution < 1.29 is 0 Å². The highest BCUT2D eigenvalue weighted by Crippen LogP contribution is 2.68. The summed E-state index contributed by atoms with van der Waals surface area (Å²) in [6.45, 7) is 3.15. The SMILES string of the molecule is C[C@@]12CC(c3ccccc3Nc3cccc(/C=N/Cc4ccccc4)c3)=CC=C1c1ccccc1C2(c1ccccc1)c1ccccc1. The van der Waals surface area contributed by atoms with Gasteiger partial charge in [-0.2, -0.15) is 0 Å². The fourth-order valence-corrected chi connectivity index (χ4v) is 8.21. The lowest BCUT2D eigenvalue weighted by molar-refractivity contribution is 0.326. The predicted octanol–water partition coefficient (Wildman–Crippen LogP) is 11.3. The fraction of sp³-hybridized carbons (Fsp3) is 0.109. The van der Waals surface area contributed by atoms with Gasteiger partial charge in [0.05, 0.1) is 12.0 Å². The summed E-state index contributed by atoms with van der Waals surface area (Å²) in [6, 6.07) is 58.9. The quantitative estimate of drug-likeness (QED) is 0.169. The number of nitrogens with one attached hydrogen (secondary N) is 1. The van der Waals surface area contributed by atoms with Crippen LogP contribution in [0.3, 0.4) is 0 Å². The number of allylic oxidation sites excluding steroid dienone is 4. The van der Waals surface area contributed by atoms with Gasteiger partial charge in [-0.3, -0.25) is 4.99 Å². The van der Waals surface area contributed by atoms with Gasteiger partial charge in [0, 0.05) is 28.6 Å². The number of fused-ring (bicyclic) bond motifs is 3. The third kappa shape index (κ3) is 5.02. The zero-order valence-corrected chi connectivity index (χ0v) is 27.2. The second-order valence-corrected chi connectivity index (χ2v) is 13.1. The van der Waals surface area contributed by atoms with Crippen LogP contribution in [0.25, 0.3) is 11.1 Å². The van der Waals surface area contributed by atoms with Crippen LogP contribution in [0, 0.1) is 5.41 Å². The first-order valence-electron chi connectivity index (χ1n) is 16.8. The van der Waals surface area contributed by atoms with Crippen molar-refractivity contribution in [3.05, 3.63) is 215 Å². The summed E-state index contributed by atoms with van der Waals surface area (Å²) in [5.74, 6) is 0. The van der Waals surface area contributed by atoms with E-state index in [0.717, 1.165) is 23.4 Å². The van der Waals surface area contributed by atoms with Crippen LogP contribution in [-0.2, 0) is 12.0 Å². The van der Waals surface area contributed by atoms with Gasteiger partial charge in [0.1, 0.15) is 0 Å². The third-order valence-corrected chi connectivity index (χ3v) is 10.2. The van der Waals surface area contributed by atoms with Crippen molar-refractivity contribution in [3.8, 4) is 0 Å². The van der Waals surface area contributed by atoms with Gasteiger partial charge in [-0.05, 0) is 69.1 Å². The number of hydrogen-bond acceptors (Lipinski definition) is 2. The molecule has 2 heteroatoms. The van der Waals surface area contributed by atoms with E-state index in [1.807, 2.05) is 12.3 Å². The molecular weight excluding hydrogens is 581 g/mol. The first-order valence-corrected chi connectivity index (χ1v) is 16.8. The molecule has 2 nitrogen and oxygen atoms in total. The minimum atomic E-state index is -0.354. The first kappa shape index (κ1) is 29.7. The number of rotatable bonds is 8. The summed E-state index contributed by atoms with van der Waals surface area (Å²) in [5.41, 5.74) is 13.2. The molecule has 8 rings (SSSR count). The van der Waals surface area contributed by atoms with Gasteiger partial charge in [-0.25, -0.2) is 0 Å². The molecule has 6 aromatic carbocycles. The van der Waals surface area contributed by atoms with Crippen LogP contribution in [0.1, 0.15) is 52.3 Å². The van der Waals surface area contributed by atoms with Crippen molar-refractivity contribution >= 4 is 28.7 Å². The molecule has 0 fully saturated rings. The minimum Gasteiger partial charge on any atom is -0.355 e. The molecule has 0 aromatic heterocycles. The topological polar surface area (TPSA) is 24.4 Å². The molecule has 48 heavy (non-hydrogen) atoms. The molecular formula is C46H38N2. The third-order valence-electron chi connectivity index (χ3n) is 10.2. The molecule has 0 radical (unpaired) electrons. The summed E-state index contributed by atoms with van der Waals surface area (Å²) < 4.78 is 0. The zero-order chi connectivity index (χ0) is 32.4. The Bertz CT molecular complexity index is 2120. The van der Waals surface area contributed by atoms with Gasteiger partial charge in [-0.15, -0.1) is 0 Å². The Morgan fingerprint density at radius 3 is 1.98 bits per heavy atom. The maximum Gasteiger partial charge on any atom is 0.0639 e. The van der Waals surface area contributed by atoms with Crippen LogP contribution < -0.4 is 5.32 Å². The fourth-order valence-electron chi connectivity index (χ4n) is 8.21. The Labute approximate surface area is 283 Å². The molecule has 0 spiro atoms. The Hall–Kier alpha value is -5.73. The van der Waals surface area contributed by atoms with Crippen LogP contribution in [0.5, 0.6) is 0 Å². The molecule has 0 bridgehead atoms. The molecule has 1 atom stereocenters. The Kier molecular flexibility index (Phi) is 7.70. The summed E-state index contributed by atoms with van der Waals surface area (Å²) >= 11 is 0. The monoisotopic (exact) mass is 618 g/mol. The van der Waals surface area contributed by atoms with E-state index in [1.165, 1.54) is 44.5 Å². The molecule has 0 saturated heterocycles. The second kappa shape index (κ2) is 12.5. The average Bonchev–Trinajstić information content (AvgIpc) is 3.38. The van der Waals surface area contributed by atoms with E-state index in [1.54, 1.807) is 0 Å². The number of nitrogens with zero attached hydrogens (tertiary/aromatic N) is 1. The molecule has 0 unspecified atom stereocenters. The highest BCUT2D eigenvalue weighted by atomic mass is 14.9. The van der Waals surface area contributed by atoms with E-state index in [0.29, 0.717) is 6.54 Å². The minimum absolute atomic E-state index is 0.230. The van der Waals surface area contributed by atoms with Gasteiger partial charge < -0.3 is 5.32 Å². The van der Waals surface area contributed by atoms with Crippen molar-refractivity contribution in [2.45, 2.75) is 25.3 Å². The molecule has 0 aliphatic heterocycles. The van der Waals surface area contributed by atoms with Crippen molar-refractivity contribution in [2.24, 2.45) is 10.4 Å². The van der Waals surface area contributed by atoms with Crippen molar-refractivity contribution in [2.75, 3.05) is 5.32 Å². The van der Waals surface area contributed by atoms with Gasteiger partial charge in [0.25, 0.3) is 0 Å². The molecule has 6 aromatic rings. The number of aliphatic imine (C=N–C) groups is 1. The Morgan fingerprint density at radius 2 is 1.25 bits per heavy atom.